The Morgan fingerprint density at radius 1 is 1.14 bits per heavy atom. The Kier molecular flexibility index (Phi) is 5.28. The van der Waals surface area contributed by atoms with E-state index in [4.69, 9.17) is 5.26 Å². The predicted molar refractivity (Wildman–Crippen MR) is 86.3 cm³/mol. The Bertz CT molecular complexity index is 736. The molecule has 2 N–H and O–H groups in total. The minimum Gasteiger partial charge on any atom is -0.343 e. The fourth-order valence-corrected chi connectivity index (χ4v) is 2.00. The van der Waals surface area contributed by atoms with E-state index in [1.165, 1.54) is 0 Å². The summed E-state index contributed by atoms with van der Waals surface area (Å²) in [5.74, 6) is -0.686. The lowest BCUT2D eigenvalue weighted by atomic mass is 10.2. The molecule has 110 valence electrons. The minimum atomic E-state index is -0.361. The summed E-state index contributed by atoms with van der Waals surface area (Å²) in [4.78, 5) is 23.6. The molecule has 2 amide bonds. The van der Waals surface area contributed by atoms with Crippen LogP contribution in [0.5, 0.6) is 0 Å². The van der Waals surface area contributed by atoms with Crippen molar-refractivity contribution in [3.8, 4) is 6.07 Å². The number of carbonyl (C=O) groups is 2. The summed E-state index contributed by atoms with van der Waals surface area (Å²) in [6, 6.07) is 15.4. The summed E-state index contributed by atoms with van der Waals surface area (Å²) in [5.41, 5.74) is 1.45. The Hall–Kier alpha value is -2.65. The molecule has 22 heavy (non-hydrogen) atoms. The van der Waals surface area contributed by atoms with Crippen molar-refractivity contribution in [2.24, 2.45) is 0 Å². The molecule has 0 heterocycles. The van der Waals surface area contributed by atoms with Gasteiger partial charge < -0.3 is 10.6 Å². The van der Waals surface area contributed by atoms with E-state index in [9.17, 15) is 9.59 Å². The summed E-state index contributed by atoms with van der Waals surface area (Å²) in [6.07, 6.45) is 0. The summed E-state index contributed by atoms with van der Waals surface area (Å²) >= 11 is 3.29. The number of nitriles is 1. The van der Waals surface area contributed by atoms with Gasteiger partial charge in [-0.05, 0) is 42.5 Å². The molecule has 6 heteroatoms. The van der Waals surface area contributed by atoms with Crippen molar-refractivity contribution in [1.82, 2.24) is 5.32 Å². The van der Waals surface area contributed by atoms with Crippen LogP contribution in [-0.4, -0.2) is 18.4 Å². The standard InChI is InChI=1S/C16H12BrN3O2/c17-13-6-4-12(5-7-13)16(22)19-10-15(21)20-14-3-1-2-11(8-14)9-18/h1-8H,10H2,(H,19,22)(H,20,21). The predicted octanol–water partition coefficient (Wildman–Crippen LogP) is 2.69. The van der Waals surface area contributed by atoms with Gasteiger partial charge in [-0.25, -0.2) is 0 Å². The Morgan fingerprint density at radius 2 is 1.86 bits per heavy atom. The molecule has 0 aromatic heterocycles. The van der Waals surface area contributed by atoms with Crippen LogP contribution in [0.1, 0.15) is 15.9 Å². The first-order valence-electron chi connectivity index (χ1n) is 6.42. The smallest absolute Gasteiger partial charge is 0.251 e. The fourth-order valence-electron chi connectivity index (χ4n) is 1.74. The number of benzene rings is 2. The first kappa shape index (κ1) is 15.7. The summed E-state index contributed by atoms with van der Waals surface area (Å²) in [7, 11) is 0. The highest BCUT2D eigenvalue weighted by Crippen LogP contribution is 2.11. The van der Waals surface area contributed by atoms with Crippen molar-refractivity contribution < 1.29 is 9.59 Å². The van der Waals surface area contributed by atoms with Gasteiger partial charge in [-0.3, -0.25) is 9.59 Å². The fraction of sp³-hybridized carbons (Fsp3) is 0.0625. The Balaban J connectivity index is 1.88. The molecular formula is C16H12BrN3O2. The number of halogens is 1. The third-order valence-electron chi connectivity index (χ3n) is 2.79. The second-order valence-electron chi connectivity index (χ2n) is 4.43. The third-order valence-corrected chi connectivity index (χ3v) is 3.32. The van der Waals surface area contributed by atoms with Gasteiger partial charge in [0.2, 0.25) is 5.91 Å². The van der Waals surface area contributed by atoms with Crippen LogP contribution < -0.4 is 10.6 Å². The molecule has 0 unspecified atom stereocenters. The van der Waals surface area contributed by atoms with Crippen LogP contribution in [0.3, 0.4) is 0 Å². The maximum Gasteiger partial charge on any atom is 0.251 e. The van der Waals surface area contributed by atoms with Crippen LogP contribution in [0, 0.1) is 11.3 Å². The molecule has 0 aliphatic rings. The molecule has 0 fully saturated rings. The summed E-state index contributed by atoms with van der Waals surface area (Å²) < 4.78 is 0.874. The average molecular weight is 358 g/mol. The lowest BCUT2D eigenvalue weighted by Gasteiger charge is -2.07. The van der Waals surface area contributed by atoms with E-state index in [2.05, 4.69) is 26.6 Å². The van der Waals surface area contributed by atoms with Gasteiger partial charge in [0.25, 0.3) is 5.91 Å². The molecular weight excluding hydrogens is 346 g/mol. The maximum absolute atomic E-state index is 11.9. The molecule has 0 atom stereocenters. The van der Waals surface area contributed by atoms with E-state index in [1.807, 2.05) is 6.07 Å². The van der Waals surface area contributed by atoms with Crippen molar-refractivity contribution in [2.75, 3.05) is 11.9 Å². The van der Waals surface area contributed by atoms with Crippen molar-refractivity contribution in [1.29, 1.82) is 5.26 Å². The monoisotopic (exact) mass is 357 g/mol. The van der Waals surface area contributed by atoms with Crippen molar-refractivity contribution in [3.63, 3.8) is 0 Å². The first-order valence-corrected chi connectivity index (χ1v) is 7.21. The maximum atomic E-state index is 11.9. The van der Waals surface area contributed by atoms with E-state index in [0.717, 1.165) is 4.47 Å². The number of rotatable bonds is 4. The second-order valence-corrected chi connectivity index (χ2v) is 5.35. The molecule has 0 aliphatic carbocycles. The topological polar surface area (TPSA) is 82.0 Å². The second kappa shape index (κ2) is 7.38. The van der Waals surface area contributed by atoms with Gasteiger partial charge in [0.1, 0.15) is 0 Å². The van der Waals surface area contributed by atoms with E-state index in [1.54, 1.807) is 48.5 Å². The number of nitrogens with one attached hydrogen (secondary N) is 2. The quantitative estimate of drug-likeness (QED) is 0.882. The number of hydrogen-bond acceptors (Lipinski definition) is 3. The number of amides is 2. The zero-order valence-electron chi connectivity index (χ0n) is 11.5. The summed E-state index contributed by atoms with van der Waals surface area (Å²) in [6.45, 7) is -0.147. The van der Waals surface area contributed by atoms with Crippen molar-refractivity contribution in [3.05, 3.63) is 64.1 Å². The lowest BCUT2D eigenvalue weighted by Crippen LogP contribution is -2.32. The first-order chi connectivity index (χ1) is 10.6. The van der Waals surface area contributed by atoms with Crippen LogP contribution in [0.2, 0.25) is 0 Å². The average Bonchev–Trinajstić information content (AvgIpc) is 2.53. The normalized spacial score (nSPS) is 9.64. The molecule has 0 saturated heterocycles. The van der Waals surface area contributed by atoms with E-state index in [-0.39, 0.29) is 18.4 Å². The van der Waals surface area contributed by atoms with Gasteiger partial charge in [0.15, 0.2) is 0 Å². The van der Waals surface area contributed by atoms with E-state index >= 15 is 0 Å². The number of hydrogen-bond donors (Lipinski definition) is 2. The highest BCUT2D eigenvalue weighted by atomic mass is 79.9. The minimum absolute atomic E-state index is 0.147. The van der Waals surface area contributed by atoms with E-state index in [0.29, 0.717) is 16.8 Å². The van der Waals surface area contributed by atoms with Crippen LogP contribution in [-0.2, 0) is 4.79 Å². The molecule has 2 aromatic rings. The van der Waals surface area contributed by atoms with Crippen LogP contribution >= 0.6 is 15.9 Å². The zero-order chi connectivity index (χ0) is 15.9. The van der Waals surface area contributed by atoms with E-state index < -0.39 is 0 Å². The largest absolute Gasteiger partial charge is 0.343 e. The molecule has 0 spiro atoms. The highest BCUT2D eigenvalue weighted by Gasteiger charge is 2.08. The molecule has 5 nitrogen and oxygen atoms in total. The van der Waals surface area contributed by atoms with Gasteiger partial charge >= 0.3 is 0 Å². The molecule has 0 bridgehead atoms. The van der Waals surface area contributed by atoms with Gasteiger partial charge in [0, 0.05) is 15.7 Å². The Labute approximate surface area is 136 Å². The molecule has 2 aromatic carbocycles. The van der Waals surface area contributed by atoms with Crippen LogP contribution in [0.15, 0.2) is 53.0 Å². The molecule has 0 radical (unpaired) electrons. The van der Waals surface area contributed by atoms with Crippen LogP contribution in [0.4, 0.5) is 5.69 Å². The van der Waals surface area contributed by atoms with Crippen molar-refractivity contribution in [2.45, 2.75) is 0 Å². The third kappa shape index (κ3) is 4.43. The van der Waals surface area contributed by atoms with Gasteiger partial charge in [-0.1, -0.05) is 22.0 Å². The zero-order valence-corrected chi connectivity index (χ0v) is 13.1. The number of nitrogens with zero attached hydrogens (tertiary/aromatic N) is 1. The molecule has 0 saturated carbocycles. The lowest BCUT2D eigenvalue weighted by molar-refractivity contribution is -0.115. The van der Waals surface area contributed by atoms with Crippen LogP contribution in [0.25, 0.3) is 0 Å². The van der Waals surface area contributed by atoms with Crippen molar-refractivity contribution >= 4 is 33.4 Å². The van der Waals surface area contributed by atoms with Gasteiger partial charge in [-0.2, -0.15) is 5.26 Å². The molecule has 2 rings (SSSR count). The number of anilines is 1. The summed E-state index contributed by atoms with van der Waals surface area (Å²) in [5, 5.41) is 14.0. The molecule has 0 aliphatic heterocycles. The highest BCUT2D eigenvalue weighted by molar-refractivity contribution is 9.10. The van der Waals surface area contributed by atoms with Gasteiger partial charge in [-0.15, -0.1) is 0 Å². The van der Waals surface area contributed by atoms with Gasteiger partial charge in [0.05, 0.1) is 18.2 Å². The Morgan fingerprint density at radius 3 is 2.55 bits per heavy atom. The SMILES string of the molecule is N#Cc1cccc(NC(=O)CNC(=O)c2ccc(Br)cc2)c1. The number of carbonyl (C=O) groups excluding carboxylic acids is 2.